The number of ether oxygens (including phenoxy) is 1. The molecule has 0 saturated carbocycles. The maximum atomic E-state index is 5.36. The van der Waals surface area contributed by atoms with Crippen LogP contribution in [0.4, 0.5) is 0 Å². The predicted octanol–water partition coefficient (Wildman–Crippen LogP) is 2.27. The molecule has 0 amide bonds. The summed E-state index contributed by atoms with van der Waals surface area (Å²) in [7, 11) is 2.22. The zero-order chi connectivity index (χ0) is 9.52. The van der Waals surface area contributed by atoms with E-state index >= 15 is 0 Å². The van der Waals surface area contributed by atoms with Gasteiger partial charge >= 0.3 is 0 Å². The van der Waals surface area contributed by atoms with Crippen LogP contribution in [0.3, 0.4) is 0 Å². The zero-order valence-corrected chi connectivity index (χ0v) is 10.1. The van der Waals surface area contributed by atoms with Gasteiger partial charge < -0.3 is 9.64 Å². The van der Waals surface area contributed by atoms with Crippen molar-refractivity contribution in [1.29, 1.82) is 0 Å². The van der Waals surface area contributed by atoms with Crippen LogP contribution in [0.15, 0.2) is 0 Å². The number of hydrogen-bond acceptors (Lipinski definition) is 2. The summed E-state index contributed by atoms with van der Waals surface area (Å²) in [6, 6.07) is 0.684. The summed E-state index contributed by atoms with van der Waals surface area (Å²) in [5.41, 5.74) is 0. The average molecular weight is 250 g/mol. The molecule has 1 heterocycles. The molecule has 13 heavy (non-hydrogen) atoms. The second-order valence-electron chi connectivity index (χ2n) is 3.75. The van der Waals surface area contributed by atoms with Crippen molar-refractivity contribution in [2.75, 3.05) is 32.1 Å². The Hall–Kier alpha value is 0.400. The normalized spacial score (nSPS) is 22.8. The highest BCUT2D eigenvalue weighted by Crippen LogP contribution is 2.11. The third-order valence-corrected chi connectivity index (χ3v) is 3.23. The molecular formula is C10H20BrNO. The maximum Gasteiger partial charge on any atom is 0.0622 e. The second-order valence-corrected chi connectivity index (χ2v) is 4.54. The summed E-state index contributed by atoms with van der Waals surface area (Å²) in [6.45, 7) is 3.12. The molecule has 1 aliphatic heterocycles. The van der Waals surface area contributed by atoms with Crippen molar-refractivity contribution in [2.45, 2.75) is 31.7 Å². The lowest BCUT2D eigenvalue weighted by Crippen LogP contribution is -2.32. The first-order chi connectivity index (χ1) is 6.34. The number of nitrogens with zero attached hydrogens (tertiary/aromatic N) is 1. The van der Waals surface area contributed by atoms with Crippen molar-refractivity contribution < 1.29 is 4.74 Å². The molecule has 0 radical (unpaired) electrons. The standard InChI is InChI=1S/C10H20BrNO/c1-12(7-4-2-3-6-11)10-5-8-13-9-10/h10H,2-9H2,1H3. The van der Waals surface area contributed by atoms with Gasteiger partial charge in [-0.1, -0.05) is 22.4 Å². The minimum atomic E-state index is 0.684. The van der Waals surface area contributed by atoms with Gasteiger partial charge in [0.15, 0.2) is 0 Å². The Kier molecular flexibility index (Phi) is 6.00. The monoisotopic (exact) mass is 249 g/mol. The van der Waals surface area contributed by atoms with Crippen LogP contribution in [0.5, 0.6) is 0 Å². The predicted molar refractivity (Wildman–Crippen MR) is 59.5 cm³/mol. The molecule has 1 aliphatic rings. The third-order valence-electron chi connectivity index (χ3n) is 2.67. The van der Waals surface area contributed by atoms with Crippen molar-refractivity contribution in [3.05, 3.63) is 0 Å². The molecule has 0 spiro atoms. The van der Waals surface area contributed by atoms with Gasteiger partial charge in [0, 0.05) is 18.0 Å². The van der Waals surface area contributed by atoms with Crippen LogP contribution in [0, 0.1) is 0 Å². The Balaban J connectivity index is 1.99. The SMILES string of the molecule is CN(CCCCCBr)C1CCOC1. The topological polar surface area (TPSA) is 12.5 Å². The van der Waals surface area contributed by atoms with E-state index in [1.807, 2.05) is 0 Å². The van der Waals surface area contributed by atoms with Gasteiger partial charge in [-0.25, -0.2) is 0 Å². The Morgan fingerprint density at radius 3 is 2.85 bits per heavy atom. The van der Waals surface area contributed by atoms with Crippen LogP contribution in [0.25, 0.3) is 0 Å². The first-order valence-electron chi connectivity index (χ1n) is 5.18. The lowest BCUT2D eigenvalue weighted by Gasteiger charge is -2.22. The molecule has 1 unspecified atom stereocenters. The van der Waals surface area contributed by atoms with E-state index in [-0.39, 0.29) is 0 Å². The van der Waals surface area contributed by atoms with E-state index in [1.165, 1.54) is 32.2 Å². The van der Waals surface area contributed by atoms with Crippen molar-refractivity contribution in [1.82, 2.24) is 4.90 Å². The number of halogens is 1. The van der Waals surface area contributed by atoms with Gasteiger partial charge in [-0.3, -0.25) is 0 Å². The van der Waals surface area contributed by atoms with Crippen molar-refractivity contribution in [3.8, 4) is 0 Å². The molecule has 1 rings (SSSR count). The molecule has 0 aromatic rings. The number of unbranched alkanes of at least 4 members (excludes halogenated alkanes) is 2. The summed E-state index contributed by atoms with van der Waals surface area (Å²) in [5, 5.41) is 1.14. The highest BCUT2D eigenvalue weighted by atomic mass is 79.9. The highest BCUT2D eigenvalue weighted by Gasteiger charge is 2.19. The molecule has 0 aromatic carbocycles. The van der Waals surface area contributed by atoms with Crippen LogP contribution in [0.1, 0.15) is 25.7 Å². The van der Waals surface area contributed by atoms with Gasteiger partial charge in [-0.05, 0) is 32.9 Å². The van der Waals surface area contributed by atoms with Crippen LogP contribution in [-0.4, -0.2) is 43.1 Å². The Morgan fingerprint density at radius 2 is 2.23 bits per heavy atom. The molecule has 0 bridgehead atoms. The molecule has 0 aromatic heterocycles. The molecule has 3 heteroatoms. The Bertz CT molecular complexity index is 126. The number of rotatable bonds is 6. The molecule has 0 aliphatic carbocycles. The van der Waals surface area contributed by atoms with Crippen LogP contribution in [-0.2, 0) is 4.74 Å². The maximum absolute atomic E-state index is 5.36. The number of alkyl halides is 1. The largest absolute Gasteiger partial charge is 0.380 e. The van der Waals surface area contributed by atoms with Crippen LogP contribution < -0.4 is 0 Å². The summed E-state index contributed by atoms with van der Waals surface area (Å²) >= 11 is 3.45. The average Bonchev–Trinajstić information content (AvgIpc) is 2.65. The lowest BCUT2D eigenvalue weighted by atomic mass is 10.2. The summed E-state index contributed by atoms with van der Waals surface area (Å²) in [5.74, 6) is 0. The van der Waals surface area contributed by atoms with E-state index in [0.29, 0.717) is 6.04 Å². The van der Waals surface area contributed by atoms with Gasteiger partial charge in [0.2, 0.25) is 0 Å². The van der Waals surface area contributed by atoms with E-state index in [2.05, 4.69) is 27.9 Å². The fourth-order valence-corrected chi connectivity index (χ4v) is 2.08. The highest BCUT2D eigenvalue weighted by molar-refractivity contribution is 9.09. The summed E-state index contributed by atoms with van der Waals surface area (Å²) in [4.78, 5) is 2.45. The molecule has 1 fully saturated rings. The zero-order valence-electron chi connectivity index (χ0n) is 8.47. The van der Waals surface area contributed by atoms with Gasteiger partial charge in [-0.15, -0.1) is 0 Å². The second kappa shape index (κ2) is 6.80. The molecule has 1 atom stereocenters. The third kappa shape index (κ3) is 4.43. The molecule has 78 valence electrons. The first kappa shape index (κ1) is 11.5. The minimum absolute atomic E-state index is 0.684. The number of hydrogen-bond donors (Lipinski definition) is 0. The lowest BCUT2D eigenvalue weighted by molar-refractivity contribution is 0.158. The van der Waals surface area contributed by atoms with Crippen molar-refractivity contribution in [2.24, 2.45) is 0 Å². The first-order valence-corrected chi connectivity index (χ1v) is 6.30. The van der Waals surface area contributed by atoms with E-state index < -0.39 is 0 Å². The van der Waals surface area contributed by atoms with E-state index in [4.69, 9.17) is 4.74 Å². The number of likely N-dealkylation sites (N-methyl/N-ethyl adjacent to an activating group) is 1. The van der Waals surface area contributed by atoms with E-state index in [9.17, 15) is 0 Å². The van der Waals surface area contributed by atoms with Crippen LogP contribution in [0.2, 0.25) is 0 Å². The Morgan fingerprint density at radius 1 is 1.38 bits per heavy atom. The molecular weight excluding hydrogens is 230 g/mol. The van der Waals surface area contributed by atoms with Crippen molar-refractivity contribution in [3.63, 3.8) is 0 Å². The van der Waals surface area contributed by atoms with Gasteiger partial charge in [0.25, 0.3) is 0 Å². The van der Waals surface area contributed by atoms with Gasteiger partial charge in [0.05, 0.1) is 6.61 Å². The molecule has 2 nitrogen and oxygen atoms in total. The fraction of sp³-hybridized carbons (Fsp3) is 1.00. The molecule has 0 N–H and O–H groups in total. The summed E-state index contributed by atoms with van der Waals surface area (Å²) in [6.07, 6.45) is 5.17. The van der Waals surface area contributed by atoms with Crippen LogP contribution >= 0.6 is 15.9 Å². The van der Waals surface area contributed by atoms with E-state index in [1.54, 1.807) is 0 Å². The Labute approximate surface area is 89.8 Å². The molecule has 1 saturated heterocycles. The minimum Gasteiger partial charge on any atom is -0.380 e. The fourth-order valence-electron chi connectivity index (χ4n) is 1.68. The van der Waals surface area contributed by atoms with Gasteiger partial charge in [0.1, 0.15) is 0 Å². The smallest absolute Gasteiger partial charge is 0.0622 e. The van der Waals surface area contributed by atoms with Crippen molar-refractivity contribution >= 4 is 15.9 Å². The van der Waals surface area contributed by atoms with Gasteiger partial charge in [-0.2, -0.15) is 0 Å². The summed E-state index contributed by atoms with van der Waals surface area (Å²) < 4.78 is 5.36. The van der Waals surface area contributed by atoms with E-state index in [0.717, 1.165) is 18.5 Å². The quantitative estimate of drug-likeness (QED) is 0.529.